The lowest BCUT2D eigenvalue weighted by Gasteiger charge is -2.37. The van der Waals surface area contributed by atoms with E-state index in [0.717, 1.165) is 12.1 Å². The number of nitrogens with two attached hydrogens (primary N) is 1. The molecule has 1 aromatic rings. The van der Waals surface area contributed by atoms with Crippen LogP contribution < -0.4 is 10.6 Å². The molecule has 1 saturated heterocycles. The van der Waals surface area contributed by atoms with Gasteiger partial charge in [-0.05, 0) is 25.1 Å². The van der Waals surface area contributed by atoms with Crippen LogP contribution in [0.4, 0.5) is 18.9 Å². The van der Waals surface area contributed by atoms with E-state index in [-0.39, 0.29) is 17.9 Å². The van der Waals surface area contributed by atoms with E-state index in [9.17, 15) is 18.0 Å². The second-order valence-electron chi connectivity index (χ2n) is 6.01. The van der Waals surface area contributed by atoms with Gasteiger partial charge < -0.3 is 15.5 Å². The van der Waals surface area contributed by atoms with Crippen LogP contribution in [0.1, 0.15) is 19.4 Å². The smallest absolute Gasteiger partial charge is 0.368 e. The van der Waals surface area contributed by atoms with E-state index in [1.807, 2.05) is 4.90 Å². The largest absolute Gasteiger partial charge is 0.416 e. The van der Waals surface area contributed by atoms with Gasteiger partial charge in [-0.2, -0.15) is 13.2 Å². The number of amides is 1. The van der Waals surface area contributed by atoms with E-state index < -0.39 is 11.7 Å². The summed E-state index contributed by atoms with van der Waals surface area (Å²) in [6, 6.07) is 5.07. The number of anilines is 1. The van der Waals surface area contributed by atoms with Gasteiger partial charge >= 0.3 is 6.18 Å². The zero-order chi connectivity index (χ0) is 17.2. The van der Waals surface area contributed by atoms with Crippen molar-refractivity contribution in [2.24, 2.45) is 11.7 Å². The Bertz CT molecular complexity index is 552. The van der Waals surface area contributed by atoms with Crippen molar-refractivity contribution in [3.63, 3.8) is 0 Å². The lowest BCUT2D eigenvalue weighted by atomic mass is 10.0. The quantitative estimate of drug-likeness (QED) is 0.926. The van der Waals surface area contributed by atoms with Crippen LogP contribution in [-0.2, 0) is 11.0 Å². The third-order valence-corrected chi connectivity index (χ3v) is 4.31. The first-order valence-corrected chi connectivity index (χ1v) is 7.66. The van der Waals surface area contributed by atoms with Crippen LogP contribution in [0.15, 0.2) is 24.3 Å². The molecule has 2 N–H and O–H groups in total. The van der Waals surface area contributed by atoms with Gasteiger partial charge in [0.1, 0.15) is 0 Å². The number of benzene rings is 1. The Balaban J connectivity index is 2.01. The summed E-state index contributed by atoms with van der Waals surface area (Å²) in [6.45, 7) is 5.60. The van der Waals surface area contributed by atoms with Crippen LogP contribution in [0.2, 0.25) is 0 Å². The number of piperazine rings is 1. The summed E-state index contributed by atoms with van der Waals surface area (Å²) in [7, 11) is 0. The van der Waals surface area contributed by atoms with Gasteiger partial charge in [-0.25, -0.2) is 0 Å². The van der Waals surface area contributed by atoms with Gasteiger partial charge in [0, 0.05) is 37.9 Å². The van der Waals surface area contributed by atoms with Crippen LogP contribution in [0.3, 0.4) is 0 Å². The predicted octanol–water partition coefficient (Wildman–Crippen LogP) is 2.34. The molecule has 2 unspecified atom stereocenters. The first-order valence-electron chi connectivity index (χ1n) is 7.66. The predicted molar refractivity (Wildman–Crippen MR) is 83.1 cm³/mol. The van der Waals surface area contributed by atoms with Crippen molar-refractivity contribution in [1.82, 2.24) is 4.90 Å². The zero-order valence-corrected chi connectivity index (χ0v) is 13.3. The maximum atomic E-state index is 12.8. The van der Waals surface area contributed by atoms with Crippen LogP contribution >= 0.6 is 0 Å². The average Bonchev–Trinajstić information content (AvgIpc) is 2.53. The Morgan fingerprint density at radius 1 is 1.17 bits per heavy atom. The number of hydrogen-bond acceptors (Lipinski definition) is 3. The molecule has 128 valence electrons. The minimum Gasteiger partial charge on any atom is -0.368 e. The van der Waals surface area contributed by atoms with E-state index in [1.165, 1.54) is 6.07 Å². The molecule has 2 atom stereocenters. The third kappa shape index (κ3) is 4.16. The molecular weight excluding hydrogens is 307 g/mol. The summed E-state index contributed by atoms with van der Waals surface area (Å²) in [5.74, 6) is -0.251. The summed E-state index contributed by atoms with van der Waals surface area (Å²) in [4.78, 5) is 15.9. The SMILES string of the molecule is CC(N)C(C)C(=O)N1CCN(c2cccc(C(F)(F)F)c2)CC1. The molecule has 7 heteroatoms. The Morgan fingerprint density at radius 2 is 1.78 bits per heavy atom. The highest BCUT2D eigenvalue weighted by Gasteiger charge is 2.31. The maximum absolute atomic E-state index is 12.8. The highest BCUT2D eigenvalue weighted by molar-refractivity contribution is 5.79. The van der Waals surface area contributed by atoms with Crippen LogP contribution in [0.5, 0.6) is 0 Å². The number of hydrogen-bond donors (Lipinski definition) is 1. The molecular formula is C16H22F3N3O. The topological polar surface area (TPSA) is 49.6 Å². The Labute approximate surface area is 134 Å². The first kappa shape index (κ1) is 17.6. The lowest BCUT2D eigenvalue weighted by Crippen LogP contribution is -2.52. The Hall–Kier alpha value is -1.76. The number of nitrogens with zero attached hydrogens (tertiary/aromatic N) is 2. The van der Waals surface area contributed by atoms with Crippen molar-refractivity contribution in [1.29, 1.82) is 0 Å². The van der Waals surface area contributed by atoms with Crippen molar-refractivity contribution < 1.29 is 18.0 Å². The summed E-state index contributed by atoms with van der Waals surface area (Å²) >= 11 is 0. The van der Waals surface area contributed by atoms with Gasteiger partial charge in [-0.15, -0.1) is 0 Å². The van der Waals surface area contributed by atoms with E-state index in [2.05, 4.69) is 0 Å². The van der Waals surface area contributed by atoms with Crippen molar-refractivity contribution in [3.8, 4) is 0 Å². The molecule has 1 aromatic carbocycles. The second-order valence-corrected chi connectivity index (χ2v) is 6.01. The molecule has 1 heterocycles. The molecule has 0 bridgehead atoms. The number of alkyl halides is 3. The van der Waals surface area contributed by atoms with E-state index in [0.29, 0.717) is 31.9 Å². The molecule has 1 fully saturated rings. The van der Waals surface area contributed by atoms with Gasteiger partial charge in [0.25, 0.3) is 0 Å². The summed E-state index contributed by atoms with van der Waals surface area (Å²) in [5.41, 5.74) is 5.64. The van der Waals surface area contributed by atoms with Gasteiger partial charge in [-0.1, -0.05) is 13.0 Å². The third-order valence-electron chi connectivity index (χ3n) is 4.31. The fourth-order valence-electron chi connectivity index (χ4n) is 2.58. The molecule has 0 aliphatic carbocycles. The lowest BCUT2D eigenvalue weighted by molar-refractivity contribution is -0.137. The van der Waals surface area contributed by atoms with E-state index in [1.54, 1.807) is 24.8 Å². The van der Waals surface area contributed by atoms with E-state index >= 15 is 0 Å². The molecule has 2 rings (SSSR count). The minimum absolute atomic E-state index is 0.00342. The van der Waals surface area contributed by atoms with E-state index in [4.69, 9.17) is 5.73 Å². The minimum atomic E-state index is -4.35. The monoisotopic (exact) mass is 329 g/mol. The number of halogens is 3. The van der Waals surface area contributed by atoms with Crippen molar-refractivity contribution in [2.45, 2.75) is 26.1 Å². The van der Waals surface area contributed by atoms with Crippen molar-refractivity contribution >= 4 is 11.6 Å². The summed E-state index contributed by atoms with van der Waals surface area (Å²) in [6.07, 6.45) is -4.35. The zero-order valence-electron chi connectivity index (χ0n) is 13.3. The molecule has 0 aromatic heterocycles. The second kappa shape index (κ2) is 6.78. The fraction of sp³-hybridized carbons (Fsp3) is 0.562. The van der Waals surface area contributed by atoms with Crippen LogP contribution in [-0.4, -0.2) is 43.0 Å². The first-order chi connectivity index (χ1) is 10.7. The number of rotatable bonds is 3. The molecule has 1 amide bonds. The molecule has 1 aliphatic heterocycles. The Kier molecular flexibility index (Phi) is 5.19. The van der Waals surface area contributed by atoms with Crippen LogP contribution in [0, 0.1) is 5.92 Å². The summed E-state index contributed by atoms with van der Waals surface area (Å²) in [5, 5.41) is 0. The fourth-order valence-corrected chi connectivity index (χ4v) is 2.58. The van der Waals surface area contributed by atoms with Gasteiger partial charge in [0.2, 0.25) is 5.91 Å². The molecule has 4 nitrogen and oxygen atoms in total. The normalized spacial score (nSPS) is 18.7. The van der Waals surface area contributed by atoms with Crippen molar-refractivity contribution in [3.05, 3.63) is 29.8 Å². The number of carbonyl (C=O) groups excluding carboxylic acids is 1. The van der Waals surface area contributed by atoms with Crippen molar-refractivity contribution in [2.75, 3.05) is 31.1 Å². The summed E-state index contributed by atoms with van der Waals surface area (Å²) < 4.78 is 38.4. The standard InChI is InChI=1S/C16H22F3N3O/c1-11(12(2)20)15(23)22-8-6-21(7-9-22)14-5-3-4-13(10-14)16(17,18)19/h3-5,10-12H,6-9,20H2,1-2H3. The molecule has 0 radical (unpaired) electrons. The van der Waals surface area contributed by atoms with Gasteiger partial charge in [0.05, 0.1) is 11.5 Å². The average molecular weight is 329 g/mol. The molecule has 0 spiro atoms. The highest BCUT2D eigenvalue weighted by Crippen LogP contribution is 2.31. The molecule has 1 aliphatic rings. The van der Waals surface area contributed by atoms with Gasteiger partial charge in [0.15, 0.2) is 0 Å². The van der Waals surface area contributed by atoms with Crippen LogP contribution in [0.25, 0.3) is 0 Å². The Morgan fingerprint density at radius 3 is 2.30 bits per heavy atom. The molecule has 23 heavy (non-hydrogen) atoms. The molecule has 0 saturated carbocycles. The highest BCUT2D eigenvalue weighted by atomic mass is 19.4. The number of carbonyl (C=O) groups is 1. The maximum Gasteiger partial charge on any atom is 0.416 e. The van der Waals surface area contributed by atoms with Gasteiger partial charge in [-0.3, -0.25) is 4.79 Å².